The molecule has 0 amide bonds. The van der Waals surface area contributed by atoms with Crippen molar-refractivity contribution in [2.24, 2.45) is 0 Å². The lowest BCUT2D eigenvalue weighted by molar-refractivity contribution is 0.575. The van der Waals surface area contributed by atoms with Gasteiger partial charge in [-0.05, 0) is 70.2 Å². The highest BCUT2D eigenvalue weighted by atomic mass is 14.1. The SMILES string of the molecule is CCCCCCCCCCc1cc2ccc(-c3ccc4cc(CCCCCCCCCC)cc-4cc3)ccc-2c1. The summed E-state index contributed by atoms with van der Waals surface area (Å²) in [4.78, 5) is 0. The molecule has 0 bridgehead atoms. The van der Waals surface area contributed by atoms with E-state index < -0.39 is 0 Å². The third-order valence-electron chi connectivity index (χ3n) is 8.77. The summed E-state index contributed by atoms with van der Waals surface area (Å²) in [6, 6.07) is 28.1. The molecule has 40 heavy (non-hydrogen) atoms. The number of fused-ring (bicyclic) bond motifs is 2. The van der Waals surface area contributed by atoms with E-state index in [0.29, 0.717) is 0 Å². The van der Waals surface area contributed by atoms with Crippen molar-refractivity contribution in [3.8, 4) is 33.4 Å². The fourth-order valence-electron chi connectivity index (χ4n) is 6.22. The summed E-state index contributed by atoms with van der Waals surface area (Å²) in [6.45, 7) is 4.59. The summed E-state index contributed by atoms with van der Waals surface area (Å²) >= 11 is 0. The second-order valence-electron chi connectivity index (χ2n) is 12.2. The molecule has 4 rings (SSSR count). The molecule has 0 N–H and O–H groups in total. The Morgan fingerprint density at radius 1 is 0.300 bits per heavy atom. The maximum Gasteiger partial charge on any atom is -0.0181 e. The Bertz CT molecular complexity index is 1020. The Hall–Kier alpha value is -2.60. The Labute approximate surface area is 246 Å². The molecule has 0 saturated heterocycles. The van der Waals surface area contributed by atoms with Gasteiger partial charge in [0.1, 0.15) is 0 Å². The Balaban J connectivity index is 1.27. The summed E-state index contributed by atoms with van der Waals surface area (Å²) in [5.74, 6) is 0. The van der Waals surface area contributed by atoms with Crippen LogP contribution in [0.25, 0.3) is 33.4 Å². The average Bonchev–Trinajstić information content (AvgIpc) is 3.41. The Morgan fingerprint density at radius 2 is 0.550 bits per heavy atom. The van der Waals surface area contributed by atoms with Gasteiger partial charge in [-0.3, -0.25) is 0 Å². The molecule has 0 saturated carbocycles. The molecule has 0 unspecified atom stereocenters. The van der Waals surface area contributed by atoms with Gasteiger partial charge in [-0.1, -0.05) is 177 Å². The first kappa shape index (κ1) is 30.4. The van der Waals surface area contributed by atoms with Crippen molar-refractivity contribution in [3.63, 3.8) is 0 Å². The summed E-state index contributed by atoms with van der Waals surface area (Å²) in [5, 5.41) is 0. The van der Waals surface area contributed by atoms with Crippen molar-refractivity contribution in [3.05, 3.63) is 83.9 Å². The lowest BCUT2D eigenvalue weighted by atomic mass is 10.1. The summed E-state index contributed by atoms with van der Waals surface area (Å²) < 4.78 is 0. The second kappa shape index (κ2) is 17.3. The molecule has 0 fully saturated rings. The van der Waals surface area contributed by atoms with E-state index in [1.807, 2.05) is 0 Å². The molecule has 0 spiro atoms. The van der Waals surface area contributed by atoms with E-state index in [-0.39, 0.29) is 0 Å². The van der Waals surface area contributed by atoms with Gasteiger partial charge < -0.3 is 0 Å². The smallest absolute Gasteiger partial charge is 0.0181 e. The molecule has 0 aromatic heterocycles. The lowest BCUT2D eigenvalue weighted by Gasteiger charge is -2.01. The highest BCUT2D eigenvalue weighted by Gasteiger charge is 2.08. The van der Waals surface area contributed by atoms with Gasteiger partial charge in [0.25, 0.3) is 0 Å². The third kappa shape index (κ3) is 9.79. The quantitative estimate of drug-likeness (QED) is 0.105. The normalized spacial score (nSPS) is 11.6. The predicted octanol–water partition coefficient (Wildman–Crippen LogP) is 12.9. The summed E-state index contributed by atoms with van der Waals surface area (Å²) in [6.07, 6.45) is 24.6. The molecule has 4 aliphatic rings. The van der Waals surface area contributed by atoms with Crippen molar-refractivity contribution in [1.29, 1.82) is 0 Å². The molecule has 0 nitrogen and oxygen atoms in total. The zero-order valence-electron chi connectivity index (χ0n) is 25.7. The number of rotatable bonds is 19. The largest absolute Gasteiger partial charge is 0.0654 e. The van der Waals surface area contributed by atoms with Crippen LogP contribution in [0.2, 0.25) is 0 Å². The zero-order valence-corrected chi connectivity index (χ0v) is 25.7. The maximum atomic E-state index is 2.41. The monoisotopic (exact) mass is 534 g/mol. The molecule has 0 radical (unpaired) electrons. The molecular formula is C40H54. The van der Waals surface area contributed by atoms with E-state index in [0.717, 1.165) is 0 Å². The standard InChI is InChI=1S/C40H54/c1-3-5-7-9-11-13-15-17-19-33-29-37-25-21-35(22-26-38(37)30-33)36-23-27-39-31-34(32-40(39)28-24-36)20-18-16-14-12-10-8-6-4-2/h21-32H,3-20H2,1-2H3. The van der Waals surface area contributed by atoms with E-state index >= 15 is 0 Å². The van der Waals surface area contributed by atoms with E-state index in [2.05, 4.69) is 86.6 Å². The molecule has 0 aromatic rings. The lowest BCUT2D eigenvalue weighted by Crippen LogP contribution is -1.84. The minimum Gasteiger partial charge on any atom is -0.0654 e. The molecule has 0 aromatic carbocycles. The molecular weight excluding hydrogens is 480 g/mol. The van der Waals surface area contributed by atoms with Crippen molar-refractivity contribution in [1.82, 2.24) is 0 Å². The van der Waals surface area contributed by atoms with Crippen LogP contribution in [0.5, 0.6) is 0 Å². The van der Waals surface area contributed by atoms with Gasteiger partial charge in [-0.15, -0.1) is 0 Å². The van der Waals surface area contributed by atoms with Crippen LogP contribution < -0.4 is 0 Å². The molecule has 214 valence electrons. The average molecular weight is 535 g/mol. The number of hydrogen-bond acceptors (Lipinski definition) is 0. The molecule has 0 aliphatic heterocycles. The second-order valence-corrected chi connectivity index (χ2v) is 12.2. The fraction of sp³-hybridized carbons (Fsp3) is 0.500. The van der Waals surface area contributed by atoms with Gasteiger partial charge in [-0.25, -0.2) is 0 Å². The first-order valence-electron chi connectivity index (χ1n) is 16.8. The molecule has 0 atom stereocenters. The zero-order chi connectivity index (χ0) is 27.8. The van der Waals surface area contributed by atoms with Gasteiger partial charge in [-0.2, -0.15) is 0 Å². The van der Waals surface area contributed by atoms with Crippen molar-refractivity contribution < 1.29 is 0 Å². The van der Waals surface area contributed by atoms with Gasteiger partial charge in [0.05, 0.1) is 0 Å². The van der Waals surface area contributed by atoms with E-state index in [9.17, 15) is 0 Å². The van der Waals surface area contributed by atoms with E-state index in [1.165, 1.54) is 160 Å². The minimum atomic E-state index is 1.21. The number of aryl methyl sites for hydroxylation is 2. The van der Waals surface area contributed by atoms with Gasteiger partial charge in [0, 0.05) is 0 Å². The van der Waals surface area contributed by atoms with Crippen LogP contribution in [-0.2, 0) is 12.8 Å². The predicted molar refractivity (Wildman–Crippen MR) is 178 cm³/mol. The summed E-state index contributed by atoms with van der Waals surface area (Å²) in [5.41, 5.74) is 11.0. The molecule has 0 heterocycles. The van der Waals surface area contributed by atoms with Gasteiger partial charge in [0.2, 0.25) is 0 Å². The van der Waals surface area contributed by atoms with Crippen LogP contribution in [0.15, 0.2) is 72.8 Å². The maximum absolute atomic E-state index is 2.41. The summed E-state index contributed by atoms with van der Waals surface area (Å²) in [7, 11) is 0. The molecule has 0 heteroatoms. The van der Waals surface area contributed by atoms with Gasteiger partial charge in [0.15, 0.2) is 0 Å². The van der Waals surface area contributed by atoms with Crippen LogP contribution in [-0.4, -0.2) is 0 Å². The highest BCUT2D eigenvalue weighted by molar-refractivity contribution is 5.75. The highest BCUT2D eigenvalue weighted by Crippen LogP contribution is 2.32. The fourth-order valence-corrected chi connectivity index (χ4v) is 6.22. The van der Waals surface area contributed by atoms with Crippen LogP contribution in [0, 0.1) is 0 Å². The number of unbranched alkanes of at least 4 members (excludes halogenated alkanes) is 14. The van der Waals surface area contributed by atoms with Gasteiger partial charge >= 0.3 is 0 Å². The van der Waals surface area contributed by atoms with Crippen LogP contribution in [0.3, 0.4) is 0 Å². The molecule has 4 aliphatic carbocycles. The minimum absolute atomic E-state index is 1.21. The topological polar surface area (TPSA) is 0 Å². The van der Waals surface area contributed by atoms with Crippen molar-refractivity contribution in [2.45, 2.75) is 129 Å². The van der Waals surface area contributed by atoms with Crippen LogP contribution >= 0.6 is 0 Å². The Kier molecular flexibility index (Phi) is 13.1. The van der Waals surface area contributed by atoms with E-state index in [1.54, 1.807) is 0 Å². The number of hydrogen-bond donors (Lipinski definition) is 0. The first-order chi connectivity index (χ1) is 19.8. The van der Waals surface area contributed by atoms with Crippen LogP contribution in [0.1, 0.15) is 128 Å². The van der Waals surface area contributed by atoms with Crippen LogP contribution in [0.4, 0.5) is 0 Å². The van der Waals surface area contributed by atoms with Crippen molar-refractivity contribution in [2.75, 3.05) is 0 Å². The van der Waals surface area contributed by atoms with Crippen molar-refractivity contribution >= 4 is 0 Å². The first-order valence-corrected chi connectivity index (χ1v) is 16.8. The Morgan fingerprint density at radius 3 is 0.850 bits per heavy atom. The van der Waals surface area contributed by atoms with E-state index in [4.69, 9.17) is 0 Å². The third-order valence-corrected chi connectivity index (χ3v) is 8.77.